The van der Waals surface area contributed by atoms with Gasteiger partial charge in [0.15, 0.2) is 0 Å². The van der Waals surface area contributed by atoms with Crippen LogP contribution in [0.1, 0.15) is 0 Å². The summed E-state index contributed by atoms with van der Waals surface area (Å²) in [6, 6.07) is 0. The Labute approximate surface area is 67.4 Å². The third-order valence-corrected chi connectivity index (χ3v) is 1.64. The molecule has 0 amide bonds. The van der Waals surface area contributed by atoms with Gasteiger partial charge in [0.1, 0.15) is 0 Å². The molecule has 1 saturated heterocycles. The average molecular weight is 261 g/mol. The quantitative estimate of drug-likeness (QED) is 0.598. The molecule has 0 atom stereocenters. The van der Waals surface area contributed by atoms with Crippen LogP contribution in [0.25, 0.3) is 0 Å². The summed E-state index contributed by atoms with van der Waals surface area (Å²) in [7, 11) is 0. The second-order valence-electron chi connectivity index (χ2n) is 1.45. The Morgan fingerprint density at radius 1 is 1.29 bits per heavy atom. The average Bonchev–Trinajstić information content (AvgIpc) is 1.69. The first-order valence-corrected chi connectivity index (χ1v) is 3.07. The van der Waals surface area contributed by atoms with E-state index in [1.165, 1.54) is 0 Å². The van der Waals surface area contributed by atoms with Crippen molar-refractivity contribution < 1.29 is 40.1 Å². The van der Waals surface area contributed by atoms with Crippen molar-refractivity contribution in [3.63, 3.8) is 0 Å². The Hall–Kier alpha value is 1.15. The molecule has 1 rings (SSSR count). The molecule has 0 unspecified atom stereocenters. The number of morpholine rings is 1. The van der Waals surface area contributed by atoms with Gasteiger partial charge in [0.2, 0.25) is 0 Å². The second-order valence-corrected chi connectivity index (χ2v) is 2.49. The minimum absolute atomic E-state index is 0.872. The molecule has 1 aliphatic heterocycles. The van der Waals surface area contributed by atoms with E-state index >= 15 is 0 Å². The van der Waals surface area contributed by atoms with Crippen LogP contribution in [0.5, 0.6) is 0 Å². The fourth-order valence-corrected chi connectivity index (χ4v) is 0.822. The van der Waals surface area contributed by atoms with Gasteiger partial charge in [0, 0.05) is 0 Å². The molecule has 1 heterocycles. The van der Waals surface area contributed by atoms with Crippen molar-refractivity contribution in [1.29, 1.82) is 0 Å². The number of nitrogens with zero attached hydrogens (tertiary/aromatic N) is 1. The molecule has 0 aromatic rings. The van der Waals surface area contributed by atoms with E-state index in [0.717, 1.165) is 26.3 Å². The van der Waals surface area contributed by atoms with Gasteiger partial charge < -0.3 is 0 Å². The minimum atomic E-state index is 0.872. The van der Waals surface area contributed by atoms with E-state index in [-0.39, 0.29) is 0 Å². The first kappa shape index (κ1) is 6.28. The van der Waals surface area contributed by atoms with E-state index in [1.54, 1.807) is 0 Å². The molecule has 1 fully saturated rings. The molecule has 7 heavy (non-hydrogen) atoms. The van der Waals surface area contributed by atoms with Crippen molar-refractivity contribution >= 4 is 0 Å². The van der Waals surface area contributed by atoms with Crippen LogP contribution in [-0.4, -0.2) is 27.8 Å². The van der Waals surface area contributed by atoms with Crippen LogP contribution in [0.2, 0.25) is 0 Å². The van der Waals surface area contributed by atoms with Crippen molar-refractivity contribution in [1.82, 2.24) is 1.50 Å². The standard InChI is InChI=1S/C4H8NO.Lu/c1-3-6-4-2-5-1;/h1-4H2;/q-1;+1. The molecule has 3 heteroatoms. The summed E-state index contributed by atoms with van der Waals surface area (Å²) in [5.41, 5.74) is 0. The van der Waals surface area contributed by atoms with Gasteiger partial charge in [0.05, 0.1) is 0 Å². The van der Waals surface area contributed by atoms with Crippen LogP contribution in [0.3, 0.4) is 0 Å². The fourth-order valence-electron chi connectivity index (χ4n) is 0.519. The molecular formula is C4H8LuNO. The first-order chi connectivity index (χ1) is 3.39. The first-order valence-electron chi connectivity index (χ1n) is 2.33. The maximum atomic E-state index is 5.07. The number of ether oxygens (including phenoxy) is 1. The van der Waals surface area contributed by atoms with Gasteiger partial charge >= 0.3 is 67.9 Å². The third kappa shape index (κ3) is 2.27. The molecular weight excluding hydrogens is 253 g/mol. The second kappa shape index (κ2) is 3.23. The van der Waals surface area contributed by atoms with E-state index in [1.807, 2.05) is 0 Å². The van der Waals surface area contributed by atoms with Gasteiger partial charge in [-0.1, -0.05) is 0 Å². The van der Waals surface area contributed by atoms with E-state index in [0.29, 0.717) is 0 Å². The van der Waals surface area contributed by atoms with E-state index < -0.39 is 0 Å². The van der Waals surface area contributed by atoms with Crippen molar-refractivity contribution in [2.75, 3.05) is 26.3 Å². The summed E-state index contributed by atoms with van der Waals surface area (Å²) < 4.78 is 7.17. The Balaban J connectivity index is 2.12. The molecule has 50 valence electrons. The van der Waals surface area contributed by atoms with Gasteiger partial charge in [0.25, 0.3) is 0 Å². The molecule has 2 nitrogen and oxygen atoms in total. The van der Waals surface area contributed by atoms with Gasteiger partial charge in [-0.05, 0) is 0 Å². The summed E-state index contributed by atoms with van der Waals surface area (Å²) in [6.45, 7) is 3.79. The van der Waals surface area contributed by atoms with E-state index in [2.05, 4.69) is 36.8 Å². The van der Waals surface area contributed by atoms with E-state index in [9.17, 15) is 0 Å². The molecule has 0 aliphatic carbocycles. The zero-order chi connectivity index (χ0) is 5.11. The zero-order valence-electron chi connectivity index (χ0n) is 3.94. The van der Waals surface area contributed by atoms with Gasteiger partial charge in [-0.15, -0.1) is 0 Å². The molecule has 0 radical (unpaired) electrons. The molecule has 0 saturated carbocycles. The Morgan fingerprint density at radius 2 is 1.86 bits per heavy atom. The number of hydrogen-bond acceptors (Lipinski definition) is 2. The summed E-state index contributed by atoms with van der Waals surface area (Å²) in [5, 5.41) is 0. The topological polar surface area (TPSA) is 12.5 Å². The third-order valence-electron chi connectivity index (χ3n) is 0.903. The van der Waals surface area contributed by atoms with Gasteiger partial charge in [-0.3, -0.25) is 0 Å². The fraction of sp³-hybridized carbons (Fsp3) is 1.00. The van der Waals surface area contributed by atoms with Crippen LogP contribution < -0.4 is 0 Å². The Kier molecular flexibility index (Phi) is 2.90. The molecule has 0 aromatic heterocycles. The van der Waals surface area contributed by atoms with Gasteiger partial charge in [-0.25, -0.2) is 0 Å². The zero-order valence-corrected chi connectivity index (χ0v) is 5.60. The molecule has 0 spiro atoms. The SMILES string of the molecule is [Lu][N]1CCOCC1. The number of rotatable bonds is 0. The normalized spacial score (nSPS) is 25.4. The van der Waals surface area contributed by atoms with Crippen molar-refractivity contribution in [2.45, 2.75) is 0 Å². The van der Waals surface area contributed by atoms with Crippen LogP contribution in [0.15, 0.2) is 0 Å². The predicted molar refractivity (Wildman–Crippen MR) is 22.4 cm³/mol. The monoisotopic (exact) mass is 261 g/mol. The Morgan fingerprint density at radius 3 is 2.14 bits per heavy atom. The van der Waals surface area contributed by atoms with Crippen LogP contribution >= 0.6 is 0 Å². The van der Waals surface area contributed by atoms with Crippen molar-refractivity contribution in [3.05, 3.63) is 0 Å². The predicted octanol–water partition coefficient (Wildman–Crippen LogP) is -0.217. The van der Waals surface area contributed by atoms with Crippen LogP contribution in [-0.2, 0) is 4.74 Å². The van der Waals surface area contributed by atoms with E-state index in [4.69, 9.17) is 4.74 Å². The van der Waals surface area contributed by atoms with Crippen LogP contribution in [0.4, 0.5) is 0 Å². The van der Waals surface area contributed by atoms with Crippen LogP contribution in [0, 0.1) is 35.3 Å². The molecule has 0 bridgehead atoms. The van der Waals surface area contributed by atoms with Crippen molar-refractivity contribution in [2.24, 2.45) is 0 Å². The maximum absolute atomic E-state index is 5.07. The summed E-state index contributed by atoms with van der Waals surface area (Å²) in [5.74, 6) is 0. The summed E-state index contributed by atoms with van der Waals surface area (Å²) in [6.07, 6.45) is 0. The van der Waals surface area contributed by atoms with Crippen molar-refractivity contribution in [3.8, 4) is 0 Å². The summed E-state index contributed by atoms with van der Waals surface area (Å²) >= 11 is 3.21. The van der Waals surface area contributed by atoms with Gasteiger partial charge in [-0.2, -0.15) is 0 Å². The Bertz CT molecular complexity index is 53.7. The molecule has 0 N–H and O–H groups in total. The molecule has 1 aliphatic rings. The summed E-state index contributed by atoms with van der Waals surface area (Å²) in [4.78, 5) is 0. The number of hydrogen-bond donors (Lipinski definition) is 0. The molecule has 0 aromatic carbocycles.